The van der Waals surface area contributed by atoms with Crippen LogP contribution in [0.2, 0.25) is 0 Å². The number of carbonyl (C=O) groups is 1. The van der Waals surface area contributed by atoms with Crippen LogP contribution >= 0.6 is 0 Å². The van der Waals surface area contributed by atoms with Crippen molar-refractivity contribution >= 4 is 11.9 Å². The molecule has 138 valence electrons. The largest absolute Gasteiger partial charge is 0.369 e. The fourth-order valence-electron chi connectivity index (χ4n) is 3.48. The number of nitrogens with zero attached hydrogens (tertiary/aromatic N) is 3. The van der Waals surface area contributed by atoms with Gasteiger partial charge in [0.2, 0.25) is 5.95 Å². The normalized spacial score (nSPS) is 15.0. The van der Waals surface area contributed by atoms with Gasteiger partial charge in [-0.25, -0.2) is 4.98 Å². The van der Waals surface area contributed by atoms with E-state index in [9.17, 15) is 9.59 Å². The van der Waals surface area contributed by atoms with Gasteiger partial charge in [-0.1, -0.05) is 12.1 Å². The Kier molecular flexibility index (Phi) is 4.45. The van der Waals surface area contributed by atoms with Crippen LogP contribution in [0.1, 0.15) is 34.8 Å². The predicted molar refractivity (Wildman–Crippen MR) is 101 cm³/mol. The molecule has 0 saturated carbocycles. The molecule has 1 saturated heterocycles. The number of H-pyrrole nitrogens is 2. The van der Waals surface area contributed by atoms with E-state index in [0.29, 0.717) is 17.2 Å². The van der Waals surface area contributed by atoms with Crippen LogP contribution in [0.5, 0.6) is 0 Å². The van der Waals surface area contributed by atoms with Crippen molar-refractivity contribution in [3.05, 3.63) is 64.2 Å². The Morgan fingerprint density at radius 3 is 2.52 bits per heavy atom. The van der Waals surface area contributed by atoms with Gasteiger partial charge < -0.3 is 10.6 Å². The fourth-order valence-corrected chi connectivity index (χ4v) is 3.48. The molecule has 4 rings (SSSR count). The Hall–Kier alpha value is -3.42. The number of piperidine rings is 1. The summed E-state index contributed by atoms with van der Waals surface area (Å²) < 4.78 is 0. The summed E-state index contributed by atoms with van der Waals surface area (Å²) in [7, 11) is 0. The molecule has 1 amide bonds. The second-order valence-electron chi connectivity index (χ2n) is 6.67. The summed E-state index contributed by atoms with van der Waals surface area (Å²) in [4.78, 5) is 32.7. The summed E-state index contributed by atoms with van der Waals surface area (Å²) in [5.74, 6) is 0.507. The molecule has 1 aliphatic heterocycles. The molecule has 27 heavy (non-hydrogen) atoms. The maximum Gasteiger partial charge on any atom is 0.253 e. The number of nitrogens with one attached hydrogen (secondary N) is 2. The molecule has 3 heterocycles. The van der Waals surface area contributed by atoms with Crippen LogP contribution in [0.3, 0.4) is 0 Å². The summed E-state index contributed by atoms with van der Waals surface area (Å²) in [5.41, 5.74) is 8.25. The maximum atomic E-state index is 12.8. The van der Waals surface area contributed by atoms with Gasteiger partial charge >= 0.3 is 0 Å². The van der Waals surface area contributed by atoms with Gasteiger partial charge in [0.05, 0.1) is 5.69 Å². The highest BCUT2D eigenvalue weighted by molar-refractivity contribution is 5.94. The number of nitrogen functional groups attached to an aromatic ring is 1. The first-order chi connectivity index (χ1) is 13.1. The second-order valence-corrected chi connectivity index (χ2v) is 6.67. The van der Waals surface area contributed by atoms with Crippen molar-refractivity contribution in [3.63, 3.8) is 0 Å². The van der Waals surface area contributed by atoms with Crippen LogP contribution in [-0.4, -0.2) is 44.1 Å². The minimum atomic E-state index is -0.308. The molecule has 1 aliphatic rings. The van der Waals surface area contributed by atoms with Gasteiger partial charge in [0.15, 0.2) is 0 Å². The van der Waals surface area contributed by atoms with Crippen molar-refractivity contribution in [1.29, 1.82) is 0 Å². The maximum absolute atomic E-state index is 12.8. The summed E-state index contributed by atoms with van der Waals surface area (Å²) in [6.45, 7) is 1.44. The molecule has 2 aromatic heterocycles. The van der Waals surface area contributed by atoms with Gasteiger partial charge in [0.1, 0.15) is 0 Å². The lowest BCUT2D eigenvalue weighted by Gasteiger charge is -2.31. The van der Waals surface area contributed by atoms with Crippen molar-refractivity contribution < 1.29 is 4.79 Å². The minimum absolute atomic E-state index is 0.0167. The molecule has 1 aromatic carbocycles. The number of aromatic amines is 2. The molecule has 4 N–H and O–H groups in total. The molecule has 1 fully saturated rings. The van der Waals surface area contributed by atoms with E-state index in [-0.39, 0.29) is 17.4 Å². The van der Waals surface area contributed by atoms with E-state index in [2.05, 4.69) is 20.2 Å². The molecule has 0 atom stereocenters. The third-order valence-corrected chi connectivity index (χ3v) is 4.93. The average Bonchev–Trinajstić information content (AvgIpc) is 3.22. The zero-order valence-corrected chi connectivity index (χ0v) is 14.7. The molecule has 0 radical (unpaired) electrons. The molecule has 8 nitrogen and oxygen atoms in total. The van der Waals surface area contributed by atoms with Crippen LogP contribution in [0.25, 0.3) is 11.3 Å². The van der Waals surface area contributed by atoms with Gasteiger partial charge in [-0.15, -0.1) is 0 Å². The third kappa shape index (κ3) is 3.59. The zero-order chi connectivity index (χ0) is 18.8. The number of likely N-dealkylation sites (tertiary alicyclic amines) is 1. The molecule has 0 unspecified atom stereocenters. The van der Waals surface area contributed by atoms with Crippen molar-refractivity contribution in [3.8, 4) is 11.3 Å². The summed E-state index contributed by atoms with van der Waals surface area (Å²) in [5, 5.41) is 7.02. The molecule has 0 bridgehead atoms. The smallest absolute Gasteiger partial charge is 0.253 e. The summed E-state index contributed by atoms with van der Waals surface area (Å²) >= 11 is 0. The monoisotopic (exact) mass is 364 g/mol. The molecule has 8 heteroatoms. The van der Waals surface area contributed by atoms with E-state index in [1.165, 1.54) is 6.07 Å². The van der Waals surface area contributed by atoms with Crippen LogP contribution < -0.4 is 11.3 Å². The van der Waals surface area contributed by atoms with E-state index in [4.69, 9.17) is 5.73 Å². The number of hydrogen-bond donors (Lipinski definition) is 3. The highest BCUT2D eigenvalue weighted by atomic mass is 16.2. The molecular formula is C19H20N6O2. The van der Waals surface area contributed by atoms with Gasteiger partial charge in [-0.05, 0) is 31.0 Å². The number of rotatable bonds is 3. The van der Waals surface area contributed by atoms with Crippen molar-refractivity contribution in [2.75, 3.05) is 18.8 Å². The second kappa shape index (κ2) is 7.06. The lowest BCUT2D eigenvalue weighted by molar-refractivity contribution is 0.0712. The number of aromatic nitrogens is 4. The Bertz CT molecular complexity index is 986. The van der Waals surface area contributed by atoms with Crippen LogP contribution in [0.15, 0.2) is 47.4 Å². The minimum Gasteiger partial charge on any atom is -0.369 e. The van der Waals surface area contributed by atoms with Gasteiger partial charge in [-0.3, -0.25) is 19.7 Å². The van der Waals surface area contributed by atoms with E-state index in [0.717, 1.165) is 37.2 Å². The molecule has 0 spiro atoms. The SMILES string of the molecule is Nc1nc(-c2ccc(C(=O)N3CCC(c4ccn[nH]4)CC3)cc2)cc(=O)[nH]1. The van der Waals surface area contributed by atoms with Crippen molar-refractivity contribution in [2.24, 2.45) is 0 Å². The Labute approximate surface area is 155 Å². The number of hydrogen-bond acceptors (Lipinski definition) is 5. The van der Waals surface area contributed by atoms with E-state index in [1.807, 2.05) is 11.0 Å². The molecule has 0 aliphatic carbocycles. The Morgan fingerprint density at radius 2 is 1.89 bits per heavy atom. The van der Waals surface area contributed by atoms with Crippen LogP contribution in [0, 0.1) is 0 Å². The van der Waals surface area contributed by atoms with Gasteiger partial charge in [0.25, 0.3) is 11.5 Å². The van der Waals surface area contributed by atoms with E-state index >= 15 is 0 Å². The predicted octanol–water partition coefficient (Wildman–Crippen LogP) is 1.76. The number of nitrogens with two attached hydrogens (primary N) is 1. The first kappa shape index (κ1) is 17.0. The molecule has 3 aromatic rings. The van der Waals surface area contributed by atoms with Crippen LogP contribution in [0.4, 0.5) is 5.95 Å². The summed E-state index contributed by atoms with van der Waals surface area (Å²) in [6.07, 6.45) is 3.60. The lowest BCUT2D eigenvalue weighted by atomic mass is 9.93. The topological polar surface area (TPSA) is 121 Å². The number of amides is 1. The average molecular weight is 364 g/mol. The Balaban J connectivity index is 1.44. The highest BCUT2D eigenvalue weighted by Crippen LogP contribution is 2.27. The number of benzene rings is 1. The fraction of sp³-hybridized carbons (Fsp3) is 0.263. The number of carbonyl (C=O) groups excluding carboxylic acids is 1. The first-order valence-electron chi connectivity index (χ1n) is 8.86. The quantitative estimate of drug-likeness (QED) is 0.654. The van der Waals surface area contributed by atoms with Crippen LogP contribution in [-0.2, 0) is 0 Å². The lowest BCUT2D eigenvalue weighted by Crippen LogP contribution is -2.38. The van der Waals surface area contributed by atoms with E-state index in [1.54, 1.807) is 30.5 Å². The van der Waals surface area contributed by atoms with Gasteiger partial charge in [0, 0.05) is 48.1 Å². The first-order valence-corrected chi connectivity index (χ1v) is 8.86. The standard InChI is InChI=1S/C19H20N6O2/c20-19-22-16(11-17(26)23-19)12-1-3-14(4-2-12)18(27)25-9-6-13(7-10-25)15-5-8-21-24-15/h1-5,8,11,13H,6-7,9-10H2,(H,21,24)(H3,20,22,23,26). The van der Waals surface area contributed by atoms with Crippen molar-refractivity contribution in [2.45, 2.75) is 18.8 Å². The van der Waals surface area contributed by atoms with Crippen molar-refractivity contribution in [1.82, 2.24) is 25.1 Å². The third-order valence-electron chi connectivity index (χ3n) is 4.93. The zero-order valence-electron chi connectivity index (χ0n) is 14.7. The van der Waals surface area contributed by atoms with E-state index < -0.39 is 0 Å². The molecular weight excluding hydrogens is 344 g/mol. The van der Waals surface area contributed by atoms with Gasteiger partial charge in [-0.2, -0.15) is 5.10 Å². The highest BCUT2D eigenvalue weighted by Gasteiger charge is 2.25. The number of anilines is 1. The summed E-state index contributed by atoms with van der Waals surface area (Å²) in [6, 6.07) is 10.5. The Morgan fingerprint density at radius 1 is 1.15 bits per heavy atom.